The van der Waals surface area contributed by atoms with Crippen LogP contribution < -0.4 is 10.6 Å². The van der Waals surface area contributed by atoms with Gasteiger partial charge < -0.3 is 15.4 Å². The Kier molecular flexibility index (Phi) is 7.08. The minimum atomic E-state index is -0.374. The number of hydrogen-bond acceptors (Lipinski definition) is 7. The number of anilines is 1. The zero-order valence-electron chi connectivity index (χ0n) is 16.3. The molecule has 3 rings (SSSR count). The Hall–Kier alpha value is -2.62. The number of ether oxygens (including phenoxy) is 1. The Morgan fingerprint density at radius 2 is 1.97 bits per heavy atom. The molecule has 1 atom stereocenters. The van der Waals surface area contributed by atoms with Crippen molar-refractivity contribution in [1.82, 2.24) is 15.5 Å². The maximum Gasteiger partial charge on any atom is 0.286 e. The number of nitrogens with zero attached hydrogens (tertiary/aromatic N) is 2. The van der Waals surface area contributed by atoms with Crippen LogP contribution in [0.15, 0.2) is 41.8 Å². The zero-order chi connectivity index (χ0) is 20.8. The lowest BCUT2D eigenvalue weighted by Gasteiger charge is -2.21. The number of rotatable bonds is 8. The van der Waals surface area contributed by atoms with Crippen LogP contribution in [-0.4, -0.2) is 29.1 Å². The van der Waals surface area contributed by atoms with Gasteiger partial charge in [-0.3, -0.25) is 9.59 Å². The highest BCUT2D eigenvalue weighted by Gasteiger charge is 2.20. The maximum atomic E-state index is 12.8. The molecule has 9 heteroatoms. The largest absolute Gasteiger partial charge is 0.377 e. The van der Waals surface area contributed by atoms with Crippen molar-refractivity contribution in [3.05, 3.63) is 62.2 Å². The lowest BCUT2D eigenvalue weighted by Crippen LogP contribution is -2.31. The van der Waals surface area contributed by atoms with Gasteiger partial charge in [-0.05, 0) is 35.6 Å². The molecule has 0 bridgehead atoms. The van der Waals surface area contributed by atoms with E-state index in [0.717, 1.165) is 4.88 Å². The van der Waals surface area contributed by atoms with Crippen molar-refractivity contribution in [3.63, 3.8) is 0 Å². The van der Waals surface area contributed by atoms with Crippen LogP contribution in [0.2, 0.25) is 0 Å². The second-order valence-electron chi connectivity index (χ2n) is 6.68. The van der Waals surface area contributed by atoms with Crippen LogP contribution >= 0.6 is 22.7 Å². The summed E-state index contributed by atoms with van der Waals surface area (Å²) >= 11 is 2.79. The number of benzene rings is 1. The topological polar surface area (TPSA) is 93.2 Å². The Morgan fingerprint density at radius 1 is 1.14 bits per heavy atom. The van der Waals surface area contributed by atoms with Crippen molar-refractivity contribution in [2.75, 3.05) is 12.4 Å². The molecule has 2 heterocycles. The first-order chi connectivity index (χ1) is 14.0. The third-order valence-corrected chi connectivity index (χ3v) is 5.97. The summed E-state index contributed by atoms with van der Waals surface area (Å²) in [6.45, 7) is 4.45. The fourth-order valence-corrected chi connectivity index (χ4v) is 4.37. The fourth-order valence-electron chi connectivity index (χ4n) is 2.71. The quantitative estimate of drug-likeness (QED) is 0.561. The van der Waals surface area contributed by atoms with Gasteiger partial charge in [0, 0.05) is 23.2 Å². The number of methoxy groups -OCH3 is 1. The normalized spacial score (nSPS) is 12.0. The molecule has 29 heavy (non-hydrogen) atoms. The van der Waals surface area contributed by atoms with Crippen molar-refractivity contribution in [2.45, 2.75) is 26.5 Å². The molecule has 0 saturated heterocycles. The summed E-state index contributed by atoms with van der Waals surface area (Å²) in [6.07, 6.45) is 0. The van der Waals surface area contributed by atoms with E-state index in [-0.39, 0.29) is 28.8 Å². The van der Waals surface area contributed by atoms with Crippen LogP contribution in [0, 0.1) is 5.92 Å². The summed E-state index contributed by atoms with van der Waals surface area (Å²) in [7, 11) is 1.56. The Morgan fingerprint density at radius 3 is 2.66 bits per heavy atom. The van der Waals surface area contributed by atoms with Crippen molar-refractivity contribution in [1.29, 1.82) is 0 Å². The lowest BCUT2D eigenvalue weighted by atomic mass is 10.0. The molecule has 2 N–H and O–H groups in total. The first kappa shape index (κ1) is 21.1. The number of amides is 2. The molecule has 7 nitrogen and oxygen atoms in total. The van der Waals surface area contributed by atoms with Crippen LogP contribution in [0.5, 0.6) is 0 Å². The van der Waals surface area contributed by atoms with Crippen molar-refractivity contribution >= 4 is 40.2 Å². The lowest BCUT2D eigenvalue weighted by molar-refractivity contribution is 0.0925. The molecule has 2 aromatic heterocycles. The van der Waals surface area contributed by atoms with E-state index in [1.807, 2.05) is 17.5 Å². The summed E-state index contributed by atoms with van der Waals surface area (Å²) in [5, 5.41) is 16.5. The van der Waals surface area contributed by atoms with E-state index < -0.39 is 0 Å². The summed E-state index contributed by atoms with van der Waals surface area (Å²) in [5.74, 6) is -0.313. The average Bonchev–Trinajstić information content (AvgIpc) is 3.38. The van der Waals surface area contributed by atoms with Crippen LogP contribution in [-0.2, 0) is 11.3 Å². The number of carbonyl (C=O) groups is 2. The molecule has 152 valence electrons. The van der Waals surface area contributed by atoms with Crippen LogP contribution in [0.4, 0.5) is 5.69 Å². The summed E-state index contributed by atoms with van der Waals surface area (Å²) < 4.78 is 4.99. The summed E-state index contributed by atoms with van der Waals surface area (Å²) in [5.41, 5.74) is 0.991. The van der Waals surface area contributed by atoms with Crippen LogP contribution in [0.1, 0.15) is 49.9 Å². The third kappa shape index (κ3) is 5.47. The van der Waals surface area contributed by atoms with Gasteiger partial charge in [-0.25, -0.2) is 0 Å². The molecule has 0 saturated carbocycles. The molecule has 0 aliphatic rings. The molecule has 0 aliphatic heterocycles. The number of carbonyl (C=O) groups excluding carboxylic acids is 2. The highest BCUT2D eigenvalue weighted by molar-refractivity contribution is 7.13. The second-order valence-corrected chi connectivity index (χ2v) is 8.72. The van der Waals surface area contributed by atoms with Crippen molar-refractivity contribution in [2.24, 2.45) is 5.92 Å². The molecule has 0 fully saturated rings. The third-order valence-electron chi connectivity index (χ3n) is 4.11. The molecular formula is C20H22N4O3S2. The second kappa shape index (κ2) is 9.73. The van der Waals surface area contributed by atoms with Gasteiger partial charge in [-0.1, -0.05) is 37.3 Å². The van der Waals surface area contributed by atoms with E-state index in [1.165, 1.54) is 11.3 Å². The highest BCUT2D eigenvalue weighted by Crippen LogP contribution is 2.26. The standard InChI is InChI=1S/C20H22N4O3S2/c1-12(2)17(15-8-5-9-28-15)22-18(25)13-6-4-7-14(10-13)21-19(26)20-24-23-16(29-20)11-27-3/h4-10,12,17H,11H2,1-3H3,(H,21,26)(H,22,25)/t17-/m1/s1. The summed E-state index contributed by atoms with van der Waals surface area (Å²) in [6, 6.07) is 10.8. The van der Waals surface area contributed by atoms with Crippen molar-refractivity contribution in [3.8, 4) is 0 Å². The number of aromatic nitrogens is 2. The van der Waals surface area contributed by atoms with Gasteiger partial charge in [0.1, 0.15) is 5.01 Å². The first-order valence-electron chi connectivity index (χ1n) is 9.05. The molecular weight excluding hydrogens is 408 g/mol. The molecule has 2 amide bonds. The monoisotopic (exact) mass is 430 g/mol. The van der Waals surface area contributed by atoms with Crippen LogP contribution in [0.25, 0.3) is 0 Å². The van der Waals surface area contributed by atoms with E-state index >= 15 is 0 Å². The van der Waals surface area contributed by atoms with Crippen molar-refractivity contribution < 1.29 is 14.3 Å². The maximum absolute atomic E-state index is 12.8. The number of hydrogen-bond donors (Lipinski definition) is 2. The predicted molar refractivity (Wildman–Crippen MR) is 114 cm³/mol. The van der Waals surface area contributed by atoms with E-state index in [9.17, 15) is 9.59 Å². The first-order valence-corrected chi connectivity index (χ1v) is 10.7. The van der Waals surface area contributed by atoms with E-state index in [1.54, 1.807) is 42.7 Å². The Bertz CT molecular complexity index is 970. The van der Waals surface area contributed by atoms with Gasteiger partial charge in [0.15, 0.2) is 0 Å². The minimum Gasteiger partial charge on any atom is -0.377 e. The molecule has 0 unspecified atom stereocenters. The van der Waals surface area contributed by atoms with Gasteiger partial charge >= 0.3 is 0 Å². The molecule has 3 aromatic rings. The molecule has 1 aromatic carbocycles. The van der Waals surface area contributed by atoms with E-state index in [2.05, 4.69) is 34.7 Å². The zero-order valence-corrected chi connectivity index (χ0v) is 18.0. The number of thiophene rings is 1. The molecule has 0 spiro atoms. The fraction of sp³-hybridized carbons (Fsp3) is 0.300. The number of nitrogens with one attached hydrogen (secondary N) is 2. The van der Waals surface area contributed by atoms with E-state index in [4.69, 9.17) is 4.74 Å². The van der Waals surface area contributed by atoms with Crippen LogP contribution in [0.3, 0.4) is 0 Å². The molecule has 0 radical (unpaired) electrons. The van der Waals surface area contributed by atoms with Gasteiger partial charge in [-0.2, -0.15) is 0 Å². The average molecular weight is 431 g/mol. The minimum absolute atomic E-state index is 0.0682. The summed E-state index contributed by atoms with van der Waals surface area (Å²) in [4.78, 5) is 26.3. The Balaban J connectivity index is 1.69. The van der Waals surface area contributed by atoms with E-state index in [0.29, 0.717) is 22.9 Å². The predicted octanol–water partition coefficient (Wildman–Crippen LogP) is 4.13. The van der Waals surface area contributed by atoms with Gasteiger partial charge in [-0.15, -0.1) is 21.5 Å². The SMILES string of the molecule is COCc1nnc(C(=O)Nc2cccc(C(=O)N[C@@H](c3cccs3)C(C)C)c2)s1. The highest BCUT2D eigenvalue weighted by atomic mass is 32.1. The van der Waals surface area contributed by atoms with Gasteiger partial charge in [0.25, 0.3) is 11.8 Å². The Labute approximate surface area is 177 Å². The van der Waals surface area contributed by atoms with Gasteiger partial charge in [0.2, 0.25) is 5.01 Å². The van der Waals surface area contributed by atoms with Gasteiger partial charge in [0.05, 0.1) is 12.6 Å². The smallest absolute Gasteiger partial charge is 0.286 e. The molecule has 0 aliphatic carbocycles.